The molecule has 0 aliphatic carbocycles. The van der Waals surface area contributed by atoms with Crippen LogP contribution >= 0.6 is 0 Å². The first-order valence-corrected chi connectivity index (χ1v) is 14.5. The zero-order chi connectivity index (χ0) is 29.0. The molecule has 0 bridgehead atoms. The molecule has 0 amide bonds. The third-order valence-electron chi connectivity index (χ3n) is 8.37. The smallest absolute Gasteiger partial charge is 0.0985 e. The zero-order valence-corrected chi connectivity index (χ0v) is 23.5. The maximum Gasteiger partial charge on any atom is 0.0985 e. The van der Waals surface area contributed by atoms with Gasteiger partial charge in [-0.05, 0) is 95.1 Å². The third kappa shape index (κ3) is 3.68. The molecule has 0 atom stereocenters. The van der Waals surface area contributed by atoms with E-state index in [0.717, 1.165) is 77.5 Å². The number of fused-ring (bicyclic) bond motifs is 7. The Morgan fingerprint density at radius 3 is 1.77 bits per heavy atom. The Kier molecular flexibility index (Phi) is 5.40. The van der Waals surface area contributed by atoms with Gasteiger partial charge in [0, 0.05) is 59.3 Å². The molecule has 6 heteroatoms. The molecule has 44 heavy (non-hydrogen) atoms. The molecule has 0 aliphatic heterocycles. The molecule has 0 N–H and O–H groups in total. The van der Waals surface area contributed by atoms with E-state index in [4.69, 9.17) is 9.97 Å². The fraction of sp³-hybridized carbons (Fsp3) is 0. The molecule has 0 saturated carbocycles. The highest BCUT2D eigenvalue weighted by Crippen LogP contribution is 2.41. The van der Waals surface area contributed by atoms with Gasteiger partial charge >= 0.3 is 0 Å². The molecule has 6 aromatic heterocycles. The number of benzene rings is 3. The molecule has 0 saturated heterocycles. The van der Waals surface area contributed by atoms with Crippen molar-refractivity contribution in [2.24, 2.45) is 0 Å². The number of pyridine rings is 4. The Bertz CT molecular complexity index is 2420. The van der Waals surface area contributed by atoms with Crippen LogP contribution in [0.5, 0.6) is 0 Å². The summed E-state index contributed by atoms with van der Waals surface area (Å²) in [6.07, 6.45) is 11.2. The van der Waals surface area contributed by atoms with Gasteiger partial charge in [-0.25, -0.2) is 0 Å². The van der Waals surface area contributed by atoms with Crippen LogP contribution in [0, 0.1) is 0 Å². The molecule has 0 unspecified atom stereocenters. The molecular formula is C38H24N6. The van der Waals surface area contributed by atoms with E-state index in [-0.39, 0.29) is 0 Å². The number of rotatable bonds is 4. The topological polar surface area (TPSA) is 61.4 Å². The average molecular weight is 565 g/mol. The summed E-state index contributed by atoms with van der Waals surface area (Å²) in [6.45, 7) is 0. The van der Waals surface area contributed by atoms with Gasteiger partial charge in [-0.3, -0.25) is 19.9 Å². The minimum Gasteiger partial charge on any atom is -0.306 e. The SMILES string of the molecule is c1ccc(-n2c3cccnc3c3cnc4c5ccccc5n(-c5cc(-c6ccncc6)cc(-c6ccncc6)c5)c4c32)cc1. The van der Waals surface area contributed by atoms with Crippen molar-refractivity contribution in [3.63, 3.8) is 0 Å². The monoisotopic (exact) mass is 564 g/mol. The van der Waals surface area contributed by atoms with Crippen molar-refractivity contribution in [3.05, 3.63) is 146 Å². The van der Waals surface area contributed by atoms with Gasteiger partial charge in [-0.2, -0.15) is 0 Å². The molecule has 3 aromatic carbocycles. The van der Waals surface area contributed by atoms with E-state index in [1.807, 2.05) is 43.2 Å². The van der Waals surface area contributed by atoms with Crippen LogP contribution in [-0.4, -0.2) is 29.1 Å². The molecule has 206 valence electrons. The van der Waals surface area contributed by atoms with Crippen molar-refractivity contribution >= 4 is 43.9 Å². The number of hydrogen-bond donors (Lipinski definition) is 0. The van der Waals surface area contributed by atoms with Crippen LogP contribution in [0.1, 0.15) is 0 Å². The molecule has 6 nitrogen and oxygen atoms in total. The van der Waals surface area contributed by atoms with Crippen LogP contribution in [0.3, 0.4) is 0 Å². The fourth-order valence-corrected chi connectivity index (χ4v) is 6.47. The fourth-order valence-electron chi connectivity index (χ4n) is 6.47. The first-order chi connectivity index (χ1) is 21.8. The van der Waals surface area contributed by atoms with Crippen LogP contribution in [0.4, 0.5) is 0 Å². The summed E-state index contributed by atoms with van der Waals surface area (Å²) in [5.74, 6) is 0. The lowest BCUT2D eigenvalue weighted by Gasteiger charge is -2.15. The Labute approximate surface area is 252 Å². The van der Waals surface area contributed by atoms with Gasteiger partial charge in [-0.1, -0.05) is 36.4 Å². The highest BCUT2D eigenvalue weighted by molar-refractivity contribution is 6.21. The first kappa shape index (κ1) is 24.5. The number of para-hydroxylation sites is 2. The highest BCUT2D eigenvalue weighted by atomic mass is 15.1. The lowest BCUT2D eigenvalue weighted by atomic mass is 9.99. The van der Waals surface area contributed by atoms with E-state index in [9.17, 15) is 0 Å². The van der Waals surface area contributed by atoms with Crippen LogP contribution in [0.25, 0.3) is 77.5 Å². The highest BCUT2D eigenvalue weighted by Gasteiger charge is 2.23. The molecular weight excluding hydrogens is 540 g/mol. The molecule has 0 spiro atoms. The second-order valence-electron chi connectivity index (χ2n) is 10.9. The zero-order valence-electron chi connectivity index (χ0n) is 23.5. The number of nitrogens with zero attached hydrogens (tertiary/aromatic N) is 6. The summed E-state index contributed by atoms with van der Waals surface area (Å²) in [6, 6.07) is 38.2. The predicted octanol–water partition coefficient (Wildman–Crippen LogP) is 8.79. The molecule has 6 heterocycles. The van der Waals surface area contributed by atoms with E-state index in [1.54, 1.807) is 0 Å². The van der Waals surface area contributed by atoms with Crippen molar-refractivity contribution in [1.82, 2.24) is 29.1 Å². The van der Waals surface area contributed by atoms with E-state index in [1.165, 1.54) is 0 Å². The van der Waals surface area contributed by atoms with Crippen LogP contribution < -0.4 is 0 Å². The van der Waals surface area contributed by atoms with Gasteiger partial charge in [0.2, 0.25) is 0 Å². The molecule has 0 fully saturated rings. The minimum absolute atomic E-state index is 0.931. The molecule has 0 radical (unpaired) electrons. The maximum absolute atomic E-state index is 5.11. The van der Waals surface area contributed by atoms with E-state index in [0.29, 0.717) is 0 Å². The van der Waals surface area contributed by atoms with Crippen LogP contribution in [0.2, 0.25) is 0 Å². The van der Waals surface area contributed by atoms with Crippen LogP contribution in [-0.2, 0) is 0 Å². The Morgan fingerprint density at radius 1 is 0.409 bits per heavy atom. The van der Waals surface area contributed by atoms with Gasteiger partial charge in [0.05, 0.1) is 33.1 Å². The molecule has 0 aliphatic rings. The summed E-state index contributed by atoms with van der Waals surface area (Å²) < 4.78 is 4.70. The Morgan fingerprint density at radius 2 is 1.05 bits per heavy atom. The summed E-state index contributed by atoms with van der Waals surface area (Å²) in [7, 11) is 0. The summed E-state index contributed by atoms with van der Waals surface area (Å²) >= 11 is 0. The maximum atomic E-state index is 5.11. The van der Waals surface area contributed by atoms with E-state index in [2.05, 4.69) is 122 Å². The van der Waals surface area contributed by atoms with Crippen molar-refractivity contribution in [2.75, 3.05) is 0 Å². The van der Waals surface area contributed by atoms with Crippen LogP contribution in [0.15, 0.2) is 146 Å². The van der Waals surface area contributed by atoms with Crippen molar-refractivity contribution < 1.29 is 0 Å². The summed E-state index contributed by atoms with van der Waals surface area (Å²) in [5.41, 5.74) is 12.7. The van der Waals surface area contributed by atoms with E-state index >= 15 is 0 Å². The second-order valence-corrected chi connectivity index (χ2v) is 10.9. The normalized spacial score (nSPS) is 11.6. The van der Waals surface area contributed by atoms with Gasteiger partial charge < -0.3 is 9.13 Å². The Balaban J connectivity index is 1.48. The molecule has 9 rings (SSSR count). The minimum atomic E-state index is 0.931. The number of aromatic nitrogens is 6. The Hall–Kier alpha value is -6.14. The largest absolute Gasteiger partial charge is 0.306 e. The predicted molar refractivity (Wildman–Crippen MR) is 177 cm³/mol. The third-order valence-corrected chi connectivity index (χ3v) is 8.37. The first-order valence-electron chi connectivity index (χ1n) is 14.5. The lowest BCUT2D eigenvalue weighted by molar-refractivity contribution is 1.14. The lowest BCUT2D eigenvalue weighted by Crippen LogP contribution is -2.00. The van der Waals surface area contributed by atoms with Crippen molar-refractivity contribution in [1.29, 1.82) is 0 Å². The van der Waals surface area contributed by atoms with Gasteiger partial charge in [0.15, 0.2) is 0 Å². The number of hydrogen-bond acceptors (Lipinski definition) is 4. The van der Waals surface area contributed by atoms with Gasteiger partial charge in [0.1, 0.15) is 0 Å². The van der Waals surface area contributed by atoms with Crippen molar-refractivity contribution in [2.45, 2.75) is 0 Å². The van der Waals surface area contributed by atoms with Crippen molar-refractivity contribution in [3.8, 4) is 33.6 Å². The molecule has 9 aromatic rings. The summed E-state index contributed by atoms with van der Waals surface area (Å²) in [5, 5.41) is 2.11. The van der Waals surface area contributed by atoms with E-state index < -0.39 is 0 Å². The standard InChI is InChI=1S/C38H24N6/c1-2-7-29(8-3-1)43-34-11-6-16-41-35(34)32-24-42-36-31-9-4-5-10-33(31)44(38(36)37(32)43)30-22-27(25-12-17-39-18-13-25)21-28(23-30)26-14-19-40-20-15-26/h1-24H. The van der Waals surface area contributed by atoms with Gasteiger partial charge in [-0.15, -0.1) is 0 Å². The second kappa shape index (κ2) is 9.71. The summed E-state index contributed by atoms with van der Waals surface area (Å²) in [4.78, 5) is 18.5. The average Bonchev–Trinajstić information content (AvgIpc) is 3.62. The quantitative estimate of drug-likeness (QED) is 0.214. The van der Waals surface area contributed by atoms with Gasteiger partial charge in [0.25, 0.3) is 0 Å².